The minimum atomic E-state index is 0.587. The Kier molecular flexibility index (Phi) is 3.79. The zero-order chi connectivity index (χ0) is 12.1. The van der Waals surface area contributed by atoms with Crippen LogP contribution in [0.2, 0.25) is 0 Å². The van der Waals surface area contributed by atoms with Crippen LogP contribution in [-0.2, 0) is 13.1 Å². The highest BCUT2D eigenvalue weighted by molar-refractivity contribution is 5.80. The molecule has 2 aromatic rings. The summed E-state index contributed by atoms with van der Waals surface area (Å²) in [5.41, 5.74) is 8.04. The molecular formula is C14H17N3. The van der Waals surface area contributed by atoms with Gasteiger partial charge in [0.25, 0.3) is 0 Å². The Morgan fingerprint density at radius 1 is 1.24 bits per heavy atom. The molecule has 0 saturated heterocycles. The monoisotopic (exact) mass is 227 g/mol. The molecule has 2 N–H and O–H groups in total. The zero-order valence-corrected chi connectivity index (χ0v) is 9.89. The van der Waals surface area contributed by atoms with E-state index in [1.807, 2.05) is 0 Å². The summed E-state index contributed by atoms with van der Waals surface area (Å²) < 4.78 is 2.24. The molecule has 1 aromatic carbocycles. The molecule has 3 heteroatoms. The van der Waals surface area contributed by atoms with Gasteiger partial charge in [0.1, 0.15) is 0 Å². The predicted molar refractivity (Wildman–Crippen MR) is 69.3 cm³/mol. The Balaban J connectivity index is 2.11. The van der Waals surface area contributed by atoms with Crippen LogP contribution in [0, 0.1) is 11.3 Å². The summed E-state index contributed by atoms with van der Waals surface area (Å²) in [4.78, 5) is 0. The maximum atomic E-state index is 8.48. The molecule has 0 aliphatic rings. The fourth-order valence-corrected chi connectivity index (χ4v) is 2.06. The summed E-state index contributed by atoms with van der Waals surface area (Å²) in [5.74, 6) is 0. The third kappa shape index (κ3) is 2.66. The average Bonchev–Trinajstić information content (AvgIpc) is 2.77. The van der Waals surface area contributed by atoms with E-state index < -0.39 is 0 Å². The highest BCUT2D eigenvalue weighted by atomic mass is 14.9. The summed E-state index contributed by atoms with van der Waals surface area (Å²) >= 11 is 0. The van der Waals surface area contributed by atoms with Crippen molar-refractivity contribution in [2.24, 2.45) is 5.73 Å². The van der Waals surface area contributed by atoms with E-state index in [1.165, 1.54) is 16.5 Å². The van der Waals surface area contributed by atoms with Crippen molar-refractivity contribution in [3.05, 3.63) is 36.0 Å². The van der Waals surface area contributed by atoms with E-state index in [0.717, 1.165) is 19.4 Å². The minimum Gasteiger partial charge on any atom is -0.347 e. The first-order valence-corrected chi connectivity index (χ1v) is 6.00. The number of nitrogens with two attached hydrogens (primary N) is 1. The first kappa shape index (κ1) is 11.7. The third-order valence-corrected chi connectivity index (χ3v) is 3.01. The predicted octanol–water partition coefficient (Wildman–Crippen LogP) is 2.79. The van der Waals surface area contributed by atoms with Gasteiger partial charge >= 0.3 is 0 Å². The molecule has 0 saturated carbocycles. The molecule has 17 heavy (non-hydrogen) atoms. The Morgan fingerprint density at radius 2 is 2.12 bits per heavy atom. The number of fused-ring (bicyclic) bond motifs is 1. The van der Waals surface area contributed by atoms with E-state index in [-0.39, 0.29) is 0 Å². The Morgan fingerprint density at radius 3 is 2.88 bits per heavy atom. The highest BCUT2D eigenvalue weighted by Crippen LogP contribution is 2.18. The Hall–Kier alpha value is -1.79. The van der Waals surface area contributed by atoms with Gasteiger partial charge in [0, 0.05) is 31.2 Å². The molecule has 0 amide bonds. The quantitative estimate of drug-likeness (QED) is 0.798. The molecule has 0 spiro atoms. The van der Waals surface area contributed by atoms with E-state index in [2.05, 4.69) is 41.1 Å². The van der Waals surface area contributed by atoms with Crippen LogP contribution >= 0.6 is 0 Å². The van der Waals surface area contributed by atoms with Crippen molar-refractivity contribution in [3.8, 4) is 6.07 Å². The van der Waals surface area contributed by atoms with Gasteiger partial charge in [0.2, 0.25) is 0 Å². The van der Waals surface area contributed by atoms with Crippen molar-refractivity contribution in [2.45, 2.75) is 32.4 Å². The number of unbranched alkanes of at least 4 members (excludes halogenated alkanes) is 2. The van der Waals surface area contributed by atoms with Gasteiger partial charge in [-0.15, -0.1) is 0 Å². The second-order valence-corrected chi connectivity index (χ2v) is 4.22. The van der Waals surface area contributed by atoms with E-state index in [9.17, 15) is 0 Å². The number of aromatic nitrogens is 1. The molecule has 1 aromatic heterocycles. The van der Waals surface area contributed by atoms with Crippen LogP contribution in [0.25, 0.3) is 10.9 Å². The summed E-state index contributed by atoms with van der Waals surface area (Å²) in [6.45, 7) is 1.57. The van der Waals surface area contributed by atoms with E-state index in [4.69, 9.17) is 11.0 Å². The van der Waals surface area contributed by atoms with Crippen molar-refractivity contribution in [1.29, 1.82) is 5.26 Å². The van der Waals surface area contributed by atoms with Crippen LogP contribution in [-0.4, -0.2) is 4.57 Å². The number of rotatable bonds is 5. The lowest BCUT2D eigenvalue weighted by Crippen LogP contribution is -1.97. The number of benzene rings is 1. The Labute approximate surface area is 101 Å². The van der Waals surface area contributed by atoms with Crippen LogP contribution < -0.4 is 5.73 Å². The molecule has 3 nitrogen and oxygen atoms in total. The van der Waals surface area contributed by atoms with Gasteiger partial charge in [-0.3, -0.25) is 0 Å². The molecule has 0 aliphatic heterocycles. The summed E-state index contributed by atoms with van der Waals surface area (Å²) in [6.07, 6.45) is 4.78. The van der Waals surface area contributed by atoms with E-state index >= 15 is 0 Å². The number of hydrogen-bond acceptors (Lipinski definition) is 2. The van der Waals surface area contributed by atoms with Gasteiger partial charge in [-0.25, -0.2) is 0 Å². The van der Waals surface area contributed by atoms with Crippen molar-refractivity contribution < 1.29 is 0 Å². The van der Waals surface area contributed by atoms with Crippen molar-refractivity contribution in [1.82, 2.24) is 4.57 Å². The molecule has 0 unspecified atom stereocenters. The van der Waals surface area contributed by atoms with Crippen molar-refractivity contribution in [3.63, 3.8) is 0 Å². The minimum absolute atomic E-state index is 0.587. The van der Waals surface area contributed by atoms with Gasteiger partial charge in [-0.1, -0.05) is 6.07 Å². The van der Waals surface area contributed by atoms with Crippen molar-refractivity contribution in [2.75, 3.05) is 0 Å². The van der Waals surface area contributed by atoms with Crippen LogP contribution in [0.4, 0.5) is 0 Å². The van der Waals surface area contributed by atoms with Crippen LogP contribution in [0.15, 0.2) is 30.5 Å². The molecule has 0 aliphatic carbocycles. The van der Waals surface area contributed by atoms with Gasteiger partial charge in [0.15, 0.2) is 0 Å². The second kappa shape index (κ2) is 5.51. The van der Waals surface area contributed by atoms with Gasteiger partial charge < -0.3 is 10.3 Å². The zero-order valence-electron chi connectivity index (χ0n) is 9.89. The average molecular weight is 227 g/mol. The summed E-state index contributed by atoms with van der Waals surface area (Å²) in [5, 5.41) is 9.73. The molecular weight excluding hydrogens is 210 g/mol. The third-order valence-electron chi connectivity index (χ3n) is 3.01. The van der Waals surface area contributed by atoms with Crippen LogP contribution in [0.5, 0.6) is 0 Å². The largest absolute Gasteiger partial charge is 0.347 e. The molecule has 0 bridgehead atoms. The summed E-state index contributed by atoms with van der Waals surface area (Å²) in [7, 11) is 0. The standard InChI is InChI=1S/C14H17N3/c15-7-2-1-3-8-17-9-6-13-10-12(11-16)4-5-14(13)17/h4-6,9-10H,1-3,8,11,16H2. The van der Waals surface area contributed by atoms with Crippen LogP contribution in [0.3, 0.4) is 0 Å². The van der Waals surface area contributed by atoms with E-state index in [0.29, 0.717) is 13.0 Å². The van der Waals surface area contributed by atoms with E-state index in [1.54, 1.807) is 0 Å². The molecule has 1 heterocycles. The normalized spacial score (nSPS) is 10.6. The van der Waals surface area contributed by atoms with Gasteiger partial charge in [-0.2, -0.15) is 5.26 Å². The first-order valence-electron chi connectivity index (χ1n) is 6.00. The Bertz CT molecular complexity index is 534. The van der Waals surface area contributed by atoms with Crippen molar-refractivity contribution >= 4 is 10.9 Å². The fraction of sp³-hybridized carbons (Fsp3) is 0.357. The molecule has 0 atom stereocenters. The lowest BCUT2D eigenvalue weighted by molar-refractivity contribution is 0.632. The first-order chi connectivity index (χ1) is 8.35. The fourth-order valence-electron chi connectivity index (χ4n) is 2.06. The molecule has 0 radical (unpaired) electrons. The number of aryl methyl sites for hydroxylation is 1. The number of nitriles is 1. The summed E-state index contributed by atoms with van der Waals surface area (Å²) in [6, 6.07) is 10.6. The van der Waals surface area contributed by atoms with Gasteiger partial charge in [-0.05, 0) is 42.0 Å². The second-order valence-electron chi connectivity index (χ2n) is 4.22. The lowest BCUT2D eigenvalue weighted by Gasteiger charge is -2.05. The van der Waals surface area contributed by atoms with Gasteiger partial charge in [0.05, 0.1) is 6.07 Å². The topological polar surface area (TPSA) is 54.7 Å². The van der Waals surface area contributed by atoms with Crippen LogP contribution in [0.1, 0.15) is 24.8 Å². The molecule has 2 rings (SSSR count). The maximum absolute atomic E-state index is 8.48. The lowest BCUT2D eigenvalue weighted by atomic mass is 10.1. The number of nitrogens with zero attached hydrogens (tertiary/aromatic N) is 2. The SMILES string of the molecule is N#CCCCCn1ccc2cc(CN)ccc21. The highest BCUT2D eigenvalue weighted by Gasteiger charge is 2.01. The molecule has 0 fully saturated rings. The number of hydrogen-bond donors (Lipinski definition) is 1. The smallest absolute Gasteiger partial charge is 0.0621 e. The molecule has 88 valence electrons. The maximum Gasteiger partial charge on any atom is 0.0621 e.